The number of piperazine rings is 1. The molecule has 0 aliphatic carbocycles. The van der Waals surface area contributed by atoms with Gasteiger partial charge in [-0.2, -0.15) is 0 Å². The Kier molecular flexibility index (Phi) is 4.38. The lowest BCUT2D eigenvalue weighted by Crippen LogP contribution is -2.45. The van der Waals surface area contributed by atoms with Crippen LogP contribution in [-0.2, 0) is 0 Å². The van der Waals surface area contributed by atoms with Crippen LogP contribution in [0, 0.1) is 13.8 Å². The van der Waals surface area contributed by atoms with Crippen molar-refractivity contribution in [2.75, 3.05) is 32.7 Å². The zero-order chi connectivity index (χ0) is 13.1. The fourth-order valence-electron chi connectivity index (χ4n) is 2.15. The van der Waals surface area contributed by atoms with Crippen LogP contribution in [0.1, 0.15) is 21.5 Å². The Hall–Kier alpha value is -0.900. The van der Waals surface area contributed by atoms with E-state index < -0.39 is 0 Å². The molecule has 0 aromatic heterocycles. The predicted octanol–water partition coefficient (Wildman–Crippen LogP) is 2.04. The molecular weight excluding hydrogens is 248 g/mol. The molecule has 0 radical (unpaired) electrons. The lowest BCUT2D eigenvalue weighted by Gasteiger charge is -2.26. The van der Waals surface area contributed by atoms with Crippen LogP contribution in [0.2, 0.25) is 5.02 Å². The molecule has 0 spiro atoms. The van der Waals surface area contributed by atoms with E-state index in [1.54, 1.807) is 0 Å². The van der Waals surface area contributed by atoms with Gasteiger partial charge in [0.25, 0.3) is 0 Å². The van der Waals surface area contributed by atoms with E-state index >= 15 is 0 Å². The van der Waals surface area contributed by atoms with E-state index in [1.165, 1.54) is 0 Å². The largest absolute Gasteiger partial charge is 0.314 e. The molecule has 1 saturated heterocycles. The molecule has 1 aromatic rings. The van der Waals surface area contributed by atoms with Gasteiger partial charge in [0.1, 0.15) is 0 Å². The van der Waals surface area contributed by atoms with Crippen LogP contribution < -0.4 is 5.32 Å². The van der Waals surface area contributed by atoms with Crippen molar-refractivity contribution in [2.45, 2.75) is 13.8 Å². The molecule has 0 saturated carbocycles. The molecule has 0 bridgehead atoms. The Morgan fingerprint density at radius 2 is 1.89 bits per heavy atom. The fraction of sp³-hybridized carbons (Fsp3) is 0.500. The molecule has 1 fully saturated rings. The summed E-state index contributed by atoms with van der Waals surface area (Å²) in [5.41, 5.74) is 2.89. The van der Waals surface area contributed by atoms with Crippen molar-refractivity contribution >= 4 is 17.4 Å². The summed E-state index contributed by atoms with van der Waals surface area (Å²) in [6, 6.07) is 3.78. The van der Waals surface area contributed by atoms with Gasteiger partial charge in [0.15, 0.2) is 5.78 Å². The van der Waals surface area contributed by atoms with Gasteiger partial charge in [-0.15, -0.1) is 0 Å². The number of nitrogens with zero attached hydrogens (tertiary/aromatic N) is 1. The third-order valence-electron chi connectivity index (χ3n) is 3.46. The molecule has 18 heavy (non-hydrogen) atoms. The van der Waals surface area contributed by atoms with Crippen LogP contribution >= 0.6 is 11.6 Å². The van der Waals surface area contributed by atoms with E-state index in [0.717, 1.165) is 37.3 Å². The first kappa shape index (κ1) is 13.5. The maximum absolute atomic E-state index is 12.3. The fourth-order valence-corrected chi connectivity index (χ4v) is 2.48. The first-order valence-electron chi connectivity index (χ1n) is 6.31. The number of ketones is 1. The van der Waals surface area contributed by atoms with Crippen molar-refractivity contribution in [3.8, 4) is 0 Å². The number of hydrogen-bond acceptors (Lipinski definition) is 3. The van der Waals surface area contributed by atoms with Crippen LogP contribution in [0.25, 0.3) is 0 Å². The van der Waals surface area contributed by atoms with Crippen molar-refractivity contribution in [1.29, 1.82) is 0 Å². The van der Waals surface area contributed by atoms with E-state index in [0.29, 0.717) is 17.1 Å². The highest BCUT2D eigenvalue weighted by atomic mass is 35.5. The summed E-state index contributed by atoms with van der Waals surface area (Å²) in [7, 11) is 0. The van der Waals surface area contributed by atoms with E-state index in [4.69, 9.17) is 11.6 Å². The number of hydrogen-bond donors (Lipinski definition) is 1. The average Bonchev–Trinajstić information content (AvgIpc) is 2.35. The minimum atomic E-state index is 0.116. The first-order valence-corrected chi connectivity index (χ1v) is 6.69. The highest BCUT2D eigenvalue weighted by molar-refractivity contribution is 6.34. The molecule has 3 nitrogen and oxygen atoms in total. The smallest absolute Gasteiger partial charge is 0.178 e. The maximum Gasteiger partial charge on any atom is 0.178 e. The van der Waals surface area contributed by atoms with Crippen LogP contribution in [0.15, 0.2) is 12.1 Å². The quantitative estimate of drug-likeness (QED) is 0.850. The van der Waals surface area contributed by atoms with Crippen LogP contribution in [0.5, 0.6) is 0 Å². The average molecular weight is 267 g/mol. The molecule has 1 N–H and O–H groups in total. The number of halogens is 1. The van der Waals surface area contributed by atoms with Gasteiger partial charge in [-0.1, -0.05) is 11.6 Å². The van der Waals surface area contributed by atoms with Crippen LogP contribution in [-0.4, -0.2) is 43.4 Å². The number of aryl methyl sites for hydroxylation is 2. The van der Waals surface area contributed by atoms with Crippen LogP contribution in [0.4, 0.5) is 0 Å². The normalized spacial score (nSPS) is 16.8. The molecular formula is C14H19ClN2O. The number of carbonyl (C=O) groups is 1. The summed E-state index contributed by atoms with van der Waals surface area (Å²) >= 11 is 6.16. The van der Waals surface area contributed by atoms with E-state index in [1.807, 2.05) is 26.0 Å². The molecule has 0 unspecified atom stereocenters. The molecule has 4 heteroatoms. The zero-order valence-corrected chi connectivity index (χ0v) is 11.7. The van der Waals surface area contributed by atoms with E-state index in [-0.39, 0.29) is 5.78 Å². The molecule has 0 amide bonds. The minimum absolute atomic E-state index is 0.116. The summed E-state index contributed by atoms with van der Waals surface area (Å²) in [5.74, 6) is 0.116. The minimum Gasteiger partial charge on any atom is -0.314 e. The van der Waals surface area contributed by atoms with Crippen molar-refractivity contribution in [3.63, 3.8) is 0 Å². The predicted molar refractivity (Wildman–Crippen MR) is 74.6 cm³/mol. The van der Waals surface area contributed by atoms with Gasteiger partial charge in [0, 0.05) is 31.7 Å². The van der Waals surface area contributed by atoms with E-state index in [2.05, 4.69) is 10.2 Å². The topological polar surface area (TPSA) is 32.3 Å². The van der Waals surface area contributed by atoms with Crippen molar-refractivity contribution in [2.24, 2.45) is 0 Å². The monoisotopic (exact) mass is 266 g/mol. The molecule has 98 valence electrons. The van der Waals surface area contributed by atoms with Gasteiger partial charge < -0.3 is 5.32 Å². The molecule has 1 aliphatic heterocycles. The molecule has 1 heterocycles. The van der Waals surface area contributed by atoms with Crippen molar-refractivity contribution in [3.05, 3.63) is 33.8 Å². The zero-order valence-electron chi connectivity index (χ0n) is 10.9. The van der Waals surface area contributed by atoms with Crippen molar-refractivity contribution in [1.82, 2.24) is 10.2 Å². The summed E-state index contributed by atoms with van der Waals surface area (Å²) in [6.07, 6.45) is 0. The summed E-state index contributed by atoms with van der Waals surface area (Å²) in [4.78, 5) is 14.4. The second-order valence-electron chi connectivity index (χ2n) is 4.87. The van der Waals surface area contributed by atoms with Gasteiger partial charge in [0.2, 0.25) is 0 Å². The molecule has 1 aliphatic rings. The SMILES string of the molecule is Cc1cc(Cl)c(C(=O)CN2CCNCC2)cc1C. The summed E-state index contributed by atoms with van der Waals surface area (Å²) < 4.78 is 0. The molecule has 2 rings (SSSR count). The number of carbonyl (C=O) groups excluding carboxylic acids is 1. The van der Waals surface area contributed by atoms with Crippen LogP contribution in [0.3, 0.4) is 0 Å². The Labute approximate surface area is 113 Å². The summed E-state index contributed by atoms with van der Waals surface area (Å²) in [6.45, 7) is 8.23. The second kappa shape index (κ2) is 5.83. The Balaban J connectivity index is 2.10. The standard InChI is InChI=1S/C14H19ClN2O/c1-10-7-12(13(15)8-11(10)2)14(18)9-17-5-3-16-4-6-17/h7-8,16H,3-6,9H2,1-2H3. The second-order valence-corrected chi connectivity index (χ2v) is 5.27. The third kappa shape index (κ3) is 3.10. The Morgan fingerprint density at radius 3 is 2.56 bits per heavy atom. The Bertz CT molecular complexity index is 453. The number of benzene rings is 1. The van der Waals surface area contributed by atoms with Gasteiger partial charge in [-0.05, 0) is 37.1 Å². The maximum atomic E-state index is 12.3. The van der Waals surface area contributed by atoms with Gasteiger partial charge in [-0.25, -0.2) is 0 Å². The first-order chi connectivity index (χ1) is 8.58. The highest BCUT2D eigenvalue weighted by Gasteiger charge is 2.17. The molecule has 1 aromatic carbocycles. The highest BCUT2D eigenvalue weighted by Crippen LogP contribution is 2.21. The lowest BCUT2D eigenvalue weighted by atomic mass is 10.0. The lowest BCUT2D eigenvalue weighted by molar-refractivity contribution is 0.0921. The number of nitrogens with one attached hydrogen (secondary N) is 1. The van der Waals surface area contributed by atoms with Gasteiger partial charge >= 0.3 is 0 Å². The number of Topliss-reactive ketones (excluding diaryl/α,β-unsaturated/α-hetero) is 1. The summed E-state index contributed by atoms with van der Waals surface area (Å²) in [5, 5.41) is 3.84. The van der Waals surface area contributed by atoms with Crippen molar-refractivity contribution < 1.29 is 4.79 Å². The van der Waals surface area contributed by atoms with Gasteiger partial charge in [-0.3, -0.25) is 9.69 Å². The molecule has 0 atom stereocenters. The number of rotatable bonds is 3. The van der Waals surface area contributed by atoms with E-state index in [9.17, 15) is 4.79 Å². The third-order valence-corrected chi connectivity index (χ3v) is 3.77. The Morgan fingerprint density at radius 1 is 1.28 bits per heavy atom. The van der Waals surface area contributed by atoms with Gasteiger partial charge in [0.05, 0.1) is 11.6 Å².